The summed E-state index contributed by atoms with van der Waals surface area (Å²) < 4.78 is 9.60. The molecule has 2 aromatic heterocycles. The lowest BCUT2D eigenvalue weighted by Crippen LogP contribution is -1.91. The molecule has 306 valence electrons. The van der Waals surface area contributed by atoms with E-state index < -0.39 is 0 Å². The first-order chi connectivity index (χ1) is 32.7. The fourth-order valence-electron chi connectivity index (χ4n) is 11.0. The van der Waals surface area contributed by atoms with Crippen molar-refractivity contribution in [3.63, 3.8) is 0 Å². The second-order valence-corrected chi connectivity index (χ2v) is 18.5. The topological polar surface area (TPSA) is 13.1 Å². The van der Waals surface area contributed by atoms with Crippen molar-refractivity contribution in [2.75, 3.05) is 0 Å². The zero-order valence-corrected chi connectivity index (χ0v) is 36.6. The highest BCUT2D eigenvalue weighted by atomic mass is 32.1. The third-order valence-corrected chi connectivity index (χ3v) is 15.0. The van der Waals surface area contributed by atoms with E-state index in [1.807, 2.05) is 11.3 Å². The zero-order chi connectivity index (χ0) is 43.3. The summed E-state index contributed by atoms with van der Waals surface area (Å²) in [5, 5.41) is 14.7. The Kier molecular flexibility index (Phi) is 8.22. The van der Waals surface area contributed by atoms with E-state index in [2.05, 4.69) is 231 Å². The molecule has 12 aromatic carbocycles. The fraction of sp³-hybridized carbons (Fsp3) is 0. The molecule has 66 heavy (non-hydrogen) atoms. The minimum atomic E-state index is 0.882. The molecule has 0 saturated heterocycles. The zero-order valence-electron chi connectivity index (χ0n) is 35.8. The second-order valence-electron chi connectivity index (χ2n) is 17.4. The fourth-order valence-corrected chi connectivity index (χ4v) is 12.0. The van der Waals surface area contributed by atoms with Gasteiger partial charge < -0.3 is 4.42 Å². The molecule has 0 fully saturated rings. The van der Waals surface area contributed by atoms with Crippen molar-refractivity contribution in [3.05, 3.63) is 231 Å². The van der Waals surface area contributed by atoms with E-state index in [4.69, 9.17) is 4.42 Å². The minimum absolute atomic E-state index is 0.882. The number of furan rings is 1. The number of thiophene rings is 1. The Morgan fingerprint density at radius 1 is 0.242 bits per heavy atom. The molecule has 0 radical (unpaired) electrons. The van der Waals surface area contributed by atoms with Crippen LogP contribution in [0.25, 0.3) is 141 Å². The smallest absolute Gasteiger partial charge is 0.143 e. The van der Waals surface area contributed by atoms with E-state index in [-0.39, 0.29) is 0 Å². The standard InChI is InChI=1S/C64H38OS/c1-3-16-39(17-4-1)41-31-34-58-55(36-41)56-38-43(32-35-59(56)66-58)62-46-22-9-7-20-44(46)61(45-21-8-10-23-47(45)62)42-30-33-57-54(37-42)52-28-15-29-53(64(52)65-57)63-50-26-13-11-24-48(50)60(40-18-5-2-6-19-40)49-25-12-14-27-51(49)63/h1-38H. The van der Waals surface area contributed by atoms with E-state index in [1.54, 1.807) is 0 Å². The van der Waals surface area contributed by atoms with Gasteiger partial charge in [0.2, 0.25) is 0 Å². The Morgan fingerprint density at radius 3 is 1.17 bits per heavy atom. The largest absolute Gasteiger partial charge is 0.455 e. The molecule has 0 N–H and O–H groups in total. The molecular formula is C64H38OS. The van der Waals surface area contributed by atoms with E-state index in [0.29, 0.717) is 0 Å². The predicted molar refractivity (Wildman–Crippen MR) is 284 cm³/mol. The third kappa shape index (κ3) is 5.59. The highest BCUT2D eigenvalue weighted by Gasteiger charge is 2.22. The highest BCUT2D eigenvalue weighted by molar-refractivity contribution is 7.25. The summed E-state index contributed by atoms with van der Waals surface area (Å²) >= 11 is 1.87. The van der Waals surface area contributed by atoms with Gasteiger partial charge >= 0.3 is 0 Å². The van der Waals surface area contributed by atoms with Crippen LogP contribution in [0.3, 0.4) is 0 Å². The van der Waals surface area contributed by atoms with Crippen LogP contribution in [0.15, 0.2) is 235 Å². The molecule has 14 rings (SSSR count). The van der Waals surface area contributed by atoms with Crippen molar-refractivity contribution in [2.24, 2.45) is 0 Å². The monoisotopic (exact) mass is 854 g/mol. The van der Waals surface area contributed by atoms with Gasteiger partial charge in [0.25, 0.3) is 0 Å². The maximum Gasteiger partial charge on any atom is 0.143 e. The van der Waals surface area contributed by atoms with Crippen LogP contribution in [-0.2, 0) is 0 Å². The molecule has 0 unspecified atom stereocenters. The normalized spacial score (nSPS) is 11.9. The summed E-state index contributed by atoms with van der Waals surface area (Å²) in [5.74, 6) is 0. The van der Waals surface area contributed by atoms with Gasteiger partial charge in [-0.2, -0.15) is 0 Å². The number of fused-ring (bicyclic) bond motifs is 10. The van der Waals surface area contributed by atoms with E-state index in [1.165, 1.54) is 113 Å². The second kappa shape index (κ2) is 14.6. The number of hydrogen-bond donors (Lipinski definition) is 0. The van der Waals surface area contributed by atoms with Crippen LogP contribution in [0.4, 0.5) is 0 Å². The van der Waals surface area contributed by atoms with Crippen molar-refractivity contribution in [3.8, 4) is 55.6 Å². The van der Waals surface area contributed by atoms with Crippen LogP contribution in [0.2, 0.25) is 0 Å². The summed E-state index contributed by atoms with van der Waals surface area (Å²) in [6.07, 6.45) is 0. The van der Waals surface area contributed by atoms with Crippen molar-refractivity contribution in [1.29, 1.82) is 0 Å². The van der Waals surface area contributed by atoms with Gasteiger partial charge in [-0.1, -0.05) is 194 Å². The van der Waals surface area contributed by atoms with Crippen LogP contribution < -0.4 is 0 Å². The molecule has 0 atom stereocenters. The van der Waals surface area contributed by atoms with Crippen LogP contribution in [0.5, 0.6) is 0 Å². The van der Waals surface area contributed by atoms with Crippen molar-refractivity contribution in [1.82, 2.24) is 0 Å². The first kappa shape index (κ1) is 37.1. The maximum absolute atomic E-state index is 6.99. The SMILES string of the molecule is c1ccc(-c2ccc3sc4ccc(-c5c6ccccc6c(-c6ccc7oc8c(-c9c%10ccccc%10c(-c%10ccccc%10)c%10ccccc9%10)cccc8c7c6)c6ccccc56)cc4c3c2)cc1. The highest BCUT2D eigenvalue weighted by Crippen LogP contribution is 2.49. The molecule has 1 nitrogen and oxygen atoms in total. The molecule has 0 spiro atoms. The number of hydrogen-bond acceptors (Lipinski definition) is 2. The maximum atomic E-state index is 6.99. The lowest BCUT2D eigenvalue weighted by molar-refractivity contribution is 0.670. The molecule has 0 amide bonds. The van der Waals surface area contributed by atoms with Crippen molar-refractivity contribution >= 4 is 96.5 Å². The Balaban J connectivity index is 0.966. The van der Waals surface area contributed by atoms with Crippen LogP contribution in [-0.4, -0.2) is 0 Å². The Bertz CT molecular complexity index is 4160. The molecule has 0 bridgehead atoms. The first-order valence-electron chi connectivity index (χ1n) is 22.7. The molecule has 2 heteroatoms. The predicted octanol–water partition coefficient (Wildman–Crippen LogP) is 18.9. The van der Waals surface area contributed by atoms with Gasteiger partial charge in [0.05, 0.1) is 0 Å². The molecule has 0 saturated carbocycles. The third-order valence-electron chi connectivity index (χ3n) is 13.8. The van der Waals surface area contributed by atoms with Gasteiger partial charge in [-0.05, 0) is 124 Å². The molecular weight excluding hydrogens is 817 g/mol. The van der Waals surface area contributed by atoms with Crippen LogP contribution in [0, 0.1) is 0 Å². The lowest BCUT2D eigenvalue weighted by Gasteiger charge is -2.18. The van der Waals surface area contributed by atoms with Gasteiger partial charge in [0.15, 0.2) is 0 Å². The molecule has 14 aromatic rings. The number of rotatable bonds is 5. The average molecular weight is 855 g/mol. The van der Waals surface area contributed by atoms with E-state index in [9.17, 15) is 0 Å². The van der Waals surface area contributed by atoms with Gasteiger partial charge in [-0.25, -0.2) is 0 Å². The number of benzene rings is 12. The molecule has 0 aliphatic carbocycles. The van der Waals surface area contributed by atoms with Crippen molar-refractivity contribution < 1.29 is 4.42 Å². The van der Waals surface area contributed by atoms with E-state index >= 15 is 0 Å². The summed E-state index contributed by atoms with van der Waals surface area (Å²) in [4.78, 5) is 0. The first-order valence-corrected chi connectivity index (χ1v) is 23.5. The quantitative estimate of drug-likeness (QED) is 0.157. The molecule has 0 aliphatic rings. The van der Waals surface area contributed by atoms with Gasteiger partial charge in [0.1, 0.15) is 11.2 Å². The summed E-state index contributed by atoms with van der Waals surface area (Å²) in [7, 11) is 0. The lowest BCUT2D eigenvalue weighted by atomic mass is 9.85. The van der Waals surface area contributed by atoms with E-state index in [0.717, 1.165) is 27.5 Å². The Morgan fingerprint density at radius 2 is 0.636 bits per heavy atom. The van der Waals surface area contributed by atoms with Crippen LogP contribution >= 0.6 is 11.3 Å². The summed E-state index contributed by atoms with van der Waals surface area (Å²) in [5.41, 5.74) is 13.9. The molecule has 0 aliphatic heterocycles. The van der Waals surface area contributed by atoms with Gasteiger partial charge in [-0.15, -0.1) is 11.3 Å². The Labute approximate surface area is 385 Å². The van der Waals surface area contributed by atoms with Crippen molar-refractivity contribution in [2.45, 2.75) is 0 Å². The number of para-hydroxylation sites is 1. The minimum Gasteiger partial charge on any atom is -0.455 e. The van der Waals surface area contributed by atoms with Gasteiger partial charge in [0, 0.05) is 42.1 Å². The van der Waals surface area contributed by atoms with Gasteiger partial charge in [-0.3, -0.25) is 0 Å². The summed E-state index contributed by atoms with van der Waals surface area (Å²) in [6, 6.07) is 84.6. The summed E-state index contributed by atoms with van der Waals surface area (Å²) in [6.45, 7) is 0. The Hall–Kier alpha value is -8.30. The van der Waals surface area contributed by atoms with Crippen LogP contribution in [0.1, 0.15) is 0 Å². The molecule has 2 heterocycles. The average Bonchev–Trinajstić information content (AvgIpc) is 3.95.